The molecular formula is C26H32Cl2F3N3O. The number of piperidine rings is 1. The Morgan fingerprint density at radius 1 is 1.14 bits per heavy atom. The number of hydrogen-bond acceptors (Lipinski definition) is 3. The molecule has 1 aromatic carbocycles. The molecule has 0 saturated carbocycles. The first-order chi connectivity index (χ1) is 16.6. The van der Waals surface area contributed by atoms with Crippen LogP contribution in [0.15, 0.2) is 42.0 Å². The summed E-state index contributed by atoms with van der Waals surface area (Å²) in [6.07, 6.45) is 2.16. The Balaban J connectivity index is 1.56. The van der Waals surface area contributed by atoms with Gasteiger partial charge in [-0.15, -0.1) is 0 Å². The Morgan fingerprint density at radius 2 is 1.89 bits per heavy atom. The largest absolute Gasteiger partial charge is 0.395 e. The summed E-state index contributed by atoms with van der Waals surface area (Å²) < 4.78 is 39.5. The summed E-state index contributed by atoms with van der Waals surface area (Å²) in [5.41, 5.74) is 1.04. The van der Waals surface area contributed by atoms with Crippen LogP contribution in [0.3, 0.4) is 0 Å². The van der Waals surface area contributed by atoms with E-state index in [0.717, 1.165) is 37.2 Å². The van der Waals surface area contributed by atoms with E-state index >= 15 is 0 Å². The third-order valence-corrected chi connectivity index (χ3v) is 8.32. The van der Waals surface area contributed by atoms with Gasteiger partial charge in [0.1, 0.15) is 0 Å². The lowest BCUT2D eigenvalue weighted by atomic mass is 9.72. The second-order valence-electron chi connectivity index (χ2n) is 10.1. The van der Waals surface area contributed by atoms with Crippen molar-refractivity contribution < 1.29 is 18.0 Å². The van der Waals surface area contributed by atoms with Crippen molar-refractivity contribution in [1.82, 2.24) is 14.7 Å². The monoisotopic (exact) mass is 529 g/mol. The smallest absolute Gasteiger partial charge is 0.340 e. The maximum absolute atomic E-state index is 14.0. The summed E-state index contributed by atoms with van der Waals surface area (Å²) in [5.74, 6) is -1.34. The zero-order valence-corrected chi connectivity index (χ0v) is 21.5. The first-order valence-corrected chi connectivity index (χ1v) is 12.9. The summed E-state index contributed by atoms with van der Waals surface area (Å²) in [4.78, 5) is 20.4. The van der Waals surface area contributed by atoms with Gasteiger partial charge < -0.3 is 9.80 Å². The predicted octanol–water partition coefficient (Wildman–Crippen LogP) is 5.80. The number of amides is 1. The Bertz CT molecular complexity index is 989. The summed E-state index contributed by atoms with van der Waals surface area (Å²) >= 11 is 12.7. The van der Waals surface area contributed by atoms with Gasteiger partial charge in [0.2, 0.25) is 5.91 Å². The number of halogens is 5. The van der Waals surface area contributed by atoms with Crippen LogP contribution in [-0.2, 0) is 11.3 Å². The first-order valence-electron chi connectivity index (χ1n) is 12.1. The second kappa shape index (κ2) is 10.8. The van der Waals surface area contributed by atoms with Crippen LogP contribution in [0.4, 0.5) is 13.2 Å². The van der Waals surface area contributed by atoms with Crippen molar-refractivity contribution in [2.75, 3.05) is 46.3 Å². The van der Waals surface area contributed by atoms with E-state index in [9.17, 15) is 18.0 Å². The summed E-state index contributed by atoms with van der Waals surface area (Å²) in [7, 11) is 2.05. The standard InChI is InChI=1S/C26H32Cl2F3N3O/c1-32-12-14-34(15-13-32)24(35)25(16-19-6-8-21(9-7-19)26(29,30)31)10-3-11-33(18-25)17-20-4-2-5-22(27)23(20)28/h2,4-8,21H,3,9-18H2,1H3/t21?,25-/m0/s1. The van der Waals surface area contributed by atoms with Gasteiger partial charge in [0.15, 0.2) is 0 Å². The molecule has 2 fully saturated rings. The van der Waals surface area contributed by atoms with Gasteiger partial charge in [-0.05, 0) is 50.9 Å². The minimum absolute atomic E-state index is 0.0735. The topological polar surface area (TPSA) is 26.8 Å². The minimum atomic E-state index is -4.25. The fraction of sp³-hybridized carbons (Fsp3) is 0.577. The Kier molecular flexibility index (Phi) is 8.21. The van der Waals surface area contributed by atoms with Gasteiger partial charge in [-0.3, -0.25) is 9.69 Å². The highest BCUT2D eigenvalue weighted by Gasteiger charge is 2.46. The Hall–Kier alpha value is -1.54. The molecule has 0 spiro atoms. The first kappa shape index (κ1) is 26.5. The highest BCUT2D eigenvalue weighted by atomic mass is 35.5. The van der Waals surface area contributed by atoms with Crippen molar-refractivity contribution >= 4 is 29.1 Å². The zero-order chi connectivity index (χ0) is 25.2. The third-order valence-electron chi connectivity index (χ3n) is 7.47. The molecule has 1 aliphatic carbocycles. The van der Waals surface area contributed by atoms with Crippen molar-refractivity contribution in [3.8, 4) is 0 Å². The molecule has 2 atom stereocenters. The van der Waals surface area contributed by atoms with Gasteiger partial charge in [0.25, 0.3) is 0 Å². The van der Waals surface area contributed by atoms with Gasteiger partial charge in [-0.2, -0.15) is 13.2 Å². The maximum Gasteiger partial charge on any atom is 0.395 e. The quantitative estimate of drug-likeness (QED) is 0.481. The molecule has 0 N–H and O–H groups in total. The van der Waals surface area contributed by atoms with E-state index in [-0.39, 0.29) is 12.3 Å². The lowest BCUT2D eigenvalue weighted by Gasteiger charge is -2.46. The third kappa shape index (κ3) is 6.24. The molecule has 4 nitrogen and oxygen atoms in total. The van der Waals surface area contributed by atoms with Crippen molar-refractivity contribution in [2.24, 2.45) is 11.3 Å². The van der Waals surface area contributed by atoms with Crippen LogP contribution in [0.1, 0.15) is 31.2 Å². The highest BCUT2D eigenvalue weighted by Crippen LogP contribution is 2.42. The number of allylic oxidation sites excluding steroid dienone is 4. The zero-order valence-electron chi connectivity index (χ0n) is 20.0. The number of carbonyl (C=O) groups is 1. The normalized spacial score (nSPS) is 26.6. The average Bonchev–Trinajstić information content (AvgIpc) is 2.82. The van der Waals surface area contributed by atoms with E-state index < -0.39 is 17.5 Å². The summed E-state index contributed by atoms with van der Waals surface area (Å²) in [5, 5.41) is 1.02. The molecule has 4 rings (SSSR count). The summed E-state index contributed by atoms with van der Waals surface area (Å²) in [6.45, 7) is 4.91. The van der Waals surface area contributed by atoms with Crippen molar-refractivity contribution in [3.05, 3.63) is 57.6 Å². The number of piperazine rings is 1. The average molecular weight is 530 g/mol. The molecule has 192 valence electrons. The number of nitrogens with zero attached hydrogens (tertiary/aromatic N) is 3. The number of alkyl halides is 3. The fourth-order valence-corrected chi connectivity index (χ4v) is 5.82. The molecule has 0 aromatic heterocycles. The van der Waals surface area contributed by atoms with E-state index in [1.54, 1.807) is 18.2 Å². The fourth-order valence-electron chi connectivity index (χ4n) is 5.44. The molecule has 1 aromatic rings. The number of likely N-dealkylation sites (tertiary alicyclic amines) is 1. The van der Waals surface area contributed by atoms with Crippen molar-refractivity contribution in [1.29, 1.82) is 0 Å². The second-order valence-corrected chi connectivity index (χ2v) is 10.9. The number of benzene rings is 1. The van der Waals surface area contributed by atoms with Crippen molar-refractivity contribution in [3.63, 3.8) is 0 Å². The number of likely N-dealkylation sites (N-methyl/N-ethyl adjacent to an activating group) is 1. The van der Waals surface area contributed by atoms with Gasteiger partial charge in [0, 0.05) is 39.3 Å². The van der Waals surface area contributed by atoms with Crippen LogP contribution in [0, 0.1) is 11.3 Å². The predicted molar refractivity (Wildman–Crippen MR) is 133 cm³/mol. The molecule has 0 bridgehead atoms. The van der Waals surface area contributed by atoms with Crippen LogP contribution in [-0.4, -0.2) is 73.1 Å². The molecule has 9 heteroatoms. The van der Waals surface area contributed by atoms with Crippen LogP contribution in [0.5, 0.6) is 0 Å². The number of rotatable bonds is 5. The molecule has 1 unspecified atom stereocenters. The van der Waals surface area contributed by atoms with Gasteiger partial charge >= 0.3 is 6.18 Å². The van der Waals surface area contributed by atoms with Gasteiger partial charge in [0.05, 0.1) is 21.4 Å². The van der Waals surface area contributed by atoms with E-state index in [4.69, 9.17) is 23.2 Å². The molecule has 35 heavy (non-hydrogen) atoms. The number of carbonyl (C=O) groups excluding carboxylic acids is 1. The van der Waals surface area contributed by atoms with Crippen LogP contribution >= 0.6 is 23.2 Å². The van der Waals surface area contributed by atoms with Crippen molar-refractivity contribution in [2.45, 2.75) is 38.4 Å². The number of hydrogen-bond donors (Lipinski definition) is 0. The molecule has 2 aliphatic heterocycles. The Morgan fingerprint density at radius 3 is 2.54 bits per heavy atom. The maximum atomic E-state index is 14.0. The van der Waals surface area contributed by atoms with Crippen LogP contribution < -0.4 is 0 Å². The SMILES string of the molecule is CN1CCN(C(=O)[C@]2(CC3=CCC(C(F)(F)F)C=C3)CCCN(Cc3cccc(Cl)c3Cl)C2)CC1. The van der Waals surface area contributed by atoms with E-state index in [0.29, 0.717) is 49.1 Å². The van der Waals surface area contributed by atoms with Crippen LogP contribution in [0.2, 0.25) is 10.0 Å². The molecule has 0 radical (unpaired) electrons. The summed E-state index contributed by atoms with van der Waals surface area (Å²) in [6, 6.07) is 5.56. The molecule has 3 aliphatic rings. The van der Waals surface area contributed by atoms with E-state index in [1.807, 2.05) is 24.1 Å². The van der Waals surface area contributed by atoms with E-state index in [1.165, 1.54) is 6.08 Å². The lowest BCUT2D eigenvalue weighted by Crippen LogP contribution is -2.57. The minimum Gasteiger partial charge on any atom is -0.340 e. The van der Waals surface area contributed by atoms with Gasteiger partial charge in [-0.25, -0.2) is 0 Å². The lowest BCUT2D eigenvalue weighted by molar-refractivity contribution is -0.160. The molecule has 2 heterocycles. The Labute approximate surface area is 215 Å². The molecule has 2 saturated heterocycles. The van der Waals surface area contributed by atoms with E-state index in [2.05, 4.69) is 9.80 Å². The molecular weight excluding hydrogens is 498 g/mol. The molecule has 1 amide bonds. The highest BCUT2D eigenvalue weighted by molar-refractivity contribution is 6.42. The van der Waals surface area contributed by atoms with Gasteiger partial charge in [-0.1, -0.05) is 59.1 Å². The van der Waals surface area contributed by atoms with Crippen LogP contribution in [0.25, 0.3) is 0 Å².